The van der Waals surface area contributed by atoms with Crippen molar-refractivity contribution in [3.05, 3.63) is 65.5 Å². The van der Waals surface area contributed by atoms with Crippen LogP contribution in [0.25, 0.3) is 0 Å². The molecule has 3 rings (SSSR count). The molecule has 1 aliphatic heterocycles. The third-order valence-corrected chi connectivity index (χ3v) is 4.84. The number of likely N-dealkylation sites (tertiary alicyclic amines) is 1. The lowest BCUT2D eigenvalue weighted by Gasteiger charge is -2.33. The third-order valence-electron chi connectivity index (χ3n) is 4.84. The van der Waals surface area contributed by atoms with E-state index in [-0.39, 0.29) is 29.7 Å². The van der Waals surface area contributed by atoms with Crippen molar-refractivity contribution in [1.82, 2.24) is 10.2 Å². The first kappa shape index (κ1) is 19.9. The lowest BCUT2D eigenvalue weighted by atomic mass is 9.89. The number of hydrogen-bond acceptors (Lipinski definition) is 2. The summed E-state index contributed by atoms with van der Waals surface area (Å²) in [6, 6.07) is 13.3. The van der Waals surface area contributed by atoms with Crippen LogP contribution >= 0.6 is 0 Å². The molecule has 0 aromatic heterocycles. The Morgan fingerprint density at radius 2 is 1.89 bits per heavy atom. The Bertz CT molecular complexity index is 836. The van der Waals surface area contributed by atoms with E-state index >= 15 is 0 Å². The van der Waals surface area contributed by atoms with Crippen molar-refractivity contribution in [2.24, 2.45) is 0 Å². The Morgan fingerprint density at radius 3 is 2.61 bits per heavy atom. The molecule has 0 radical (unpaired) electrons. The highest BCUT2D eigenvalue weighted by Crippen LogP contribution is 2.27. The van der Waals surface area contributed by atoms with E-state index in [4.69, 9.17) is 0 Å². The molecular weight excluding hydrogens is 357 g/mol. The molecule has 2 aromatic carbocycles. The molecule has 6 heteroatoms. The number of carbonyl (C=O) groups excluding carboxylic acids is 2. The van der Waals surface area contributed by atoms with Gasteiger partial charge in [-0.1, -0.05) is 12.1 Å². The van der Waals surface area contributed by atoms with E-state index in [0.717, 1.165) is 24.9 Å². The van der Waals surface area contributed by atoms with Crippen molar-refractivity contribution in [3.8, 4) is 0 Å². The van der Waals surface area contributed by atoms with E-state index in [1.807, 2.05) is 36.9 Å². The zero-order valence-electron chi connectivity index (χ0n) is 16.2. The quantitative estimate of drug-likeness (QED) is 0.823. The number of piperidine rings is 1. The van der Waals surface area contributed by atoms with Crippen molar-refractivity contribution < 1.29 is 14.0 Å². The van der Waals surface area contributed by atoms with E-state index in [0.29, 0.717) is 17.8 Å². The first-order valence-electron chi connectivity index (χ1n) is 9.64. The number of urea groups is 1. The predicted molar refractivity (Wildman–Crippen MR) is 108 cm³/mol. The van der Waals surface area contributed by atoms with E-state index < -0.39 is 0 Å². The van der Waals surface area contributed by atoms with Crippen LogP contribution in [0.2, 0.25) is 0 Å². The minimum absolute atomic E-state index is 0.0371. The maximum absolute atomic E-state index is 13.0. The summed E-state index contributed by atoms with van der Waals surface area (Å²) < 4.78 is 13.0. The van der Waals surface area contributed by atoms with Crippen LogP contribution in [0.3, 0.4) is 0 Å². The molecule has 0 unspecified atom stereocenters. The predicted octanol–water partition coefficient (Wildman–Crippen LogP) is 4.38. The molecule has 1 aliphatic rings. The largest absolute Gasteiger partial charge is 0.336 e. The summed E-state index contributed by atoms with van der Waals surface area (Å²) in [5, 5.41) is 5.73. The second-order valence-corrected chi connectivity index (χ2v) is 7.48. The first-order chi connectivity index (χ1) is 13.4. The van der Waals surface area contributed by atoms with E-state index in [1.165, 1.54) is 24.3 Å². The Hall–Kier alpha value is -2.89. The zero-order chi connectivity index (χ0) is 20.1. The minimum atomic E-state index is -0.344. The standard InChI is InChI=1S/C22H26FN3O2/c1-15(2)24-22(28)26-12-4-7-18(14-26)16-5-3-6-17(13-16)21(27)25-20-10-8-19(23)9-11-20/h3,5-6,8-11,13,15,18H,4,7,12,14H2,1-2H3,(H,24,28)(H,25,27)/t18-/m0/s1. The summed E-state index contributed by atoms with van der Waals surface area (Å²) >= 11 is 0. The Balaban J connectivity index is 1.69. The van der Waals surface area contributed by atoms with Gasteiger partial charge < -0.3 is 15.5 Å². The highest BCUT2D eigenvalue weighted by atomic mass is 19.1. The van der Waals surface area contributed by atoms with Gasteiger partial charge in [-0.15, -0.1) is 0 Å². The fourth-order valence-electron chi connectivity index (χ4n) is 3.44. The van der Waals surface area contributed by atoms with Crippen molar-refractivity contribution in [2.45, 2.75) is 38.6 Å². The van der Waals surface area contributed by atoms with E-state index in [9.17, 15) is 14.0 Å². The van der Waals surface area contributed by atoms with Gasteiger partial charge in [0.05, 0.1) is 0 Å². The second-order valence-electron chi connectivity index (χ2n) is 7.48. The fourth-order valence-corrected chi connectivity index (χ4v) is 3.44. The Morgan fingerprint density at radius 1 is 1.14 bits per heavy atom. The summed E-state index contributed by atoms with van der Waals surface area (Å²) in [7, 11) is 0. The molecule has 3 amide bonds. The van der Waals surface area contributed by atoms with Crippen LogP contribution in [0.5, 0.6) is 0 Å². The number of benzene rings is 2. The molecular formula is C22H26FN3O2. The molecule has 5 nitrogen and oxygen atoms in total. The van der Waals surface area contributed by atoms with Gasteiger partial charge in [-0.2, -0.15) is 0 Å². The minimum Gasteiger partial charge on any atom is -0.336 e. The molecule has 0 spiro atoms. The maximum atomic E-state index is 13.0. The number of hydrogen-bond donors (Lipinski definition) is 2. The maximum Gasteiger partial charge on any atom is 0.317 e. The van der Waals surface area contributed by atoms with Crippen molar-refractivity contribution >= 4 is 17.6 Å². The Kier molecular flexibility index (Phi) is 6.29. The monoisotopic (exact) mass is 383 g/mol. The number of rotatable bonds is 4. The number of nitrogens with one attached hydrogen (secondary N) is 2. The van der Waals surface area contributed by atoms with Crippen molar-refractivity contribution in [1.29, 1.82) is 0 Å². The van der Waals surface area contributed by atoms with Gasteiger partial charge in [0.1, 0.15) is 5.82 Å². The topological polar surface area (TPSA) is 61.4 Å². The molecule has 148 valence electrons. The van der Waals surface area contributed by atoms with Crippen molar-refractivity contribution in [2.75, 3.05) is 18.4 Å². The van der Waals surface area contributed by atoms with Crippen LogP contribution in [0, 0.1) is 5.82 Å². The molecule has 0 saturated carbocycles. The van der Waals surface area contributed by atoms with Crippen LogP contribution in [0.4, 0.5) is 14.9 Å². The summed E-state index contributed by atoms with van der Waals surface area (Å²) in [5.74, 6) is -0.382. The van der Waals surface area contributed by atoms with Crippen molar-refractivity contribution in [3.63, 3.8) is 0 Å². The first-order valence-corrected chi connectivity index (χ1v) is 9.64. The SMILES string of the molecule is CC(C)NC(=O)N1CCC[C@H](c2cccc(C(=O)Nc3ccc(F)cc3)c2)C1. The fraction of sp³-hybridized carbons (Fsp3) is 0.364. The number of amides is 3. The molecule has 1 atom stereocenters. The molecule has 0 bridgehead atoms. The van der Waals surface area contributed by atoms with E-state index in [2.05, 4.69) is 10.6 Å². The number of anilines is 1. The van der Waals surface area contributed by atoms with E-state index in [1.54, 1.807) is 6.07 Å². The summed E-state index contributed by atoms with van der Waals surface area (Å²) in [5.41, 5.74) is 2.14. The van der Waals surface area contributed by atoms with Gasteiger partial charge in [0, 0.05) is 36.3 Å². The molecule has 1 heterocycles. The molecule has 1 fully saturated rings. The van der Waals surface area contributed by atoms with Crippen LogP contribution in [0.15, 0.2) is 48.5 Å². The smallest absolute Gasteiger partial charge is 0.317 e. The molecule has 28 heavy (non-hydrogen) atoms. The van der Waals surface area contributed by atoms with Crippen LogP contribution in [0.1, 0.15) is 48.5 Å². The van der Waals surface area contributed by atoms with Gasteiger partial charge in [-0.05, 0) is 68.7 Å². The van der Waals surface area contributed by atoms with Gasteiger partial charge in [-0.25, -0.2) is 9.18 Å². The van der Waals surface area contributed by atoms with Crippen LogP contribution in [-0.4, -0.2) is 36.0 Å². The van der Waals surface area contributed by atoms with Gasteiger partial charge in [0.15, 0.2) is 0 Å². The highest BCUT2D eigenvalue weighted by molar-refractivity contribution is 6.04. The molecule has 0 aliphatic carbocycles. The number of nitrogens with zero attached hydrogens (tertiary/aromatic N) is 1. The highest BCUT2D eigenvalue weighted by Gasteiger charge is 2.25. The van der Waals surface area contributed by atoms with Crippen LogP contribution < -0.4 is 10.6 Å². The summed E-state index contributed by atoms with van der Waals surface area (Å²) in [6.45, 7) is 5.28. The van der Waals surface area contributed by atoms with Gasteiger partial charge in [-0.3, -0.25) is 4.79 Å². The second kappa shape index (κ2) is 8.87. The Labute approximate surface area is 164 Å². The third kappa shape index (κ3) is 5.09. The molecule has 2 N–H and O–H groups in total. The summed E-state index contributed by atoms with van der Waals surface area (Å²) in [4.78, 5) is 26.7. The average molecular weight is 383 g/mol. The normalized spacial score (nSPS) is 16.7. The van der Waals surface area contributed by atoms with Gasteiger partial charge >= 0.3 is 6.03 Å². The lowest BCUT2D eigenvalue weighted by molar-refractivity contribution is 0.102. The lowest BCUT2D eigenvalue weighted by Crippen LogP contribution is -2.47. The average Bonchev–Trinajstić information content (AvgIpc) is 2.69. The van der Waals surface area contributed by atoms with Gasteiger partial charge in [0.25, 0.3) is 5.91 Å². The van der Waals surface area contributed by atoms with Gasteiger partial charge in [0.2, 0.25) is 0 Å². The molecule has 2 aromatic rings. The summed E-state index contributed by atoms with van der Waals surface area (Å²) in [6.07, 6.45) is 1.91. The van der Waals surface area contributed by atoms with Crippen LogP contribution in [-0.2, 0) is 0 Å². The number of halogens is 1. The number of carbonyl (C=O) groups is 2. The zero-order valence-corrected chi connectivity index (χ0v) is 16.2. The molecule has 1 saturated heterocycles.